The van der Waals surface area contributed by atoms with Crippen molar-refractivity contribution in [2.75, 3.05) is 7.05 Å². The molecular weight excluding hydrogens is 352 g/mol. The van der Waals surface area contributed by atoms with Gasteiger partial charge in [0.2, 0.25) is 5.91 Å². The molecule has 1 aliphatic rings. The Balaban J connectivity index is 2.45. The highest BCUT2D eigenvalue weighted by Crippen LogP contribution is 2.24. The summed E-state index contributed by atoms with van der Waals surface area (Å²) in [5.41, 5.74) is 0.483. The molecule has 0 aliphatic carbocycles. The van der Waals surface area contributed by atoms with Crippen molar-refractivity contribution in [2.45, 2.75) is 65.6 Å². The Labute approximate surface area is 169 Å². The van der Waals surface area contributed by atoms with Crippen LogP contribution in [0.25, 0.3) is 0 Å². The Morgan fingerprint density at radius 3 is 2.32 bits per heavy atom. The summed E-state index contributed by atoms with van der Waals surface area (Å²) >= 11 is 0. The third-order valence-corrected chi connectivity index (χ3v) is 5.24. The van der Waals surface area contributed by atoms with E-state index in [1.165, 1.54) is 0 Å². The van der Waals surface area contributed by atoms with Gasteiger partial charge in [-0.2, -0.15) is 0 Å². The Bertz CT molecular complexity index is 712. The summed E-state index contributed by atoms with van der Waals surface area (Å²) < 4.78 is 6.06. The van der Waals surface area contributed by atoms with E-state index in [4.69, 9.17) is 4.74 Å². The molecule has 1 N–H and O–H groups in total. The van der Waals surface area contributed by atoms with Gasteiger partial charge in [0, 0.05) is 19.5 Å². The summed E-state index contributed by atoms with van der Waals surface area (Å²) in [6, 6.07) is 6.73. The molecule has 1 aromatic rings. The molecule has 2 amide bonds. The molecule has 0 aromatic heterocycles. The van der Waals surface area contributed by atoms with Crippen LogP contribution >= 0.6 is 0 Å². The maximum absolute atomic E-state index is 13.2. The molecule has 5 nitrogen and oxygen atoms in total. The zero-order valence-electron chi connectivity index (χ0n) is 17.9. The summed E-state index contributed by atoms with van der Waals surface area (Å²) in [5.74, 6) is 0.523. The first-order chi connectivity index (χ1) is 13.2. The molecule has 0 saturated heterocycles. The van der Waals surface area contributed by atoms with Crippen molar-refractivity contribution in [1.29, 1.82) is 0 Å². The number of hydrogen-bond acceptors (Lipinski definition) is 3. The van der Waals surface area contributed by atoms with Crippen molar-refractivity contribution >= 4 is 11.8 Å². The van der Waals surface area contributed by atoms with E-state index in [0.717, 1.165) is 12.8 Å². The highest BCUT2D eigenvalue weighted by atomic mass is 16.5. The van der Waals surface area contributed by atoms with E-state index >= 15 is 0 Å². The summed E-state index contributed by atoms with van der Waals surface area (Å²) in [6.07, 6.45) is 5.66. The number of rotatable bonds is 2. The second-order valence-corrected chi connectivity index (χ2v) is 8.33. The van der Waals surface area contributed by atoms with Gasteiger partial charge in [0.25, 0.3) is 5.91 Å². The molecule has 1 aromatic carbocycles. The molecular formula is C23H34N2O3. The molecule has 0 radical (unpaired) electrons. The van der Waals surface area contributed by atoms with Crippen LogP contribution in [0.15, 0.2) is 36.4 Å². The molecule has 1 aliphatic heterocycles. The monoisotopic (exact) mass is 386 g/mol. The zero-order valence-corrected chi connectivity index (χ0v) is 17.9. The van der Waals surface area contributed by atoms with Crippen LogP contribution in [0.4, 0.5) is 0 Å². The maximum Gasteiger partial charge on any atom is 0.258 e. The first kappa shape index (κ1) is 22.0. The largest absolute Gasteiger partial charge is 0.490 e. The molecule has 0 saturated carbocycles. The number of benzene rings is 1. The number of nitrogens with zero attached hydrogens (tertiary/aromatic N) is 1. The predicted molar refractivity (Wildman–Crippen MR) is 112 cm³/mol. The number of carbonyl (C=O) groups excluding carboxylic acids is 2. The van der Waals surface area contributed by atoms with Crippen LogP contribution in [-0.2, 0) is 4.79 Å². The summed E-state index contributed by atoms with van der Waals surface area (Å²) in [4.78, 5) is 27.9. The number of para-hydroxylation sites is 1. The first-order valence-corrected chi connectivity index (χ1v) is 10.2. The minimum absolute atomic E-state index is 0.0165. The van der Waals surface area contributed by atoms with E-state index in [9.17, 15) is 9.59 Å². The van der Waals surface area contributed by atoms with Gasteiger partial charge >= 0.3 is 0 Å². The smallest absolute Gasteiger partial charge is 0.258 e. The Kier molecular flexibility index (Phi) is 7.67. The van der Waals surface area contributed by atoms with Gasteiger partial charge in [0.05, 0.1) is 11.7 Å². The highest BCUT2D eigenvalue weighted by Gasteiger charge is 2.33. The third-order valence-electron chi connectivity index (χ3n) is 5.24. The summed E-state index contributed by atoms with van der Waals surface area (Å²) in [7, 11) is 1.70. The minimum Gasteiger partial charge on any atom is -0.490 e. The third kappa shape index (κ3) is 5.37. The Morgan fingerprint density at radius 2 is 1.68 bits per heavy atom. The van der Waals surface area contributed by atoms with E-state index in [1.807, 2.05) is 39.0 Å². The van der Waals surface area contributed by atoms with Crippen LogP contribution in [0.2, 0.25) is 0 Å². The fraction of sp³-hybridized carbons (Fsp3) is 0.565. The lowest BCUT2D eigenvalue weighted by Gasteiger charge is -2.33. The van der Waals surface area contributed by atoms with Gasteiger partial charge in [-0.25, -0.2) is 0 Å². The number of fused-ring (bicyclic) bond motifs is 1. The van der Waals surface area contributed by atoms with Crippen LogP contribution in [0.3, 0.4) is 0 Å². The lowest BCUT2D eigenvalue weighted by Crippen LogP contribution is -2.53. The van der Waals surface area contributed by atoms with Gasteiger partial charge in [0.15, 0.2) is 0 Å². The lowest BCUT2D eigenvalue weighted by molar-refractivity contribution is -0.127. The minimum atomic E-state index is -0.550. The van der Waals surface area contributed by atoms with Crippen LogP contribution < -0.4 is 10.1 Å². The molecule has 0 unspecified atom stereocenters. The first-order valence-electron chi connectivity index (χ1n) is 10.2. The van der Waals surface area contributed by atoms with Gasteiger partial charge in [-0.05, 0) is 37.3 Å². The van der Waals surface area contributed by atoms with Gasteiger partial charge in [0.1, 0.15) is 11.8 Å². The number of likely N-dealkylation sites (N-methyl/N-ethyl adjacent to an activating group) is 1. The van der Waals surface area contributed by atoms with E-state index in [0.29, 0.717) is 17.2 Å². The number of nitrogens with one attached hydrogen (secondary N) is 1. The molecule has 28 heavy (non-hydrogen) atoms. The number of amides is 2. The average Bonchev–Trinajstić information content (AvgIpc) is 2.63. The van der Waals surface area contributed by atoms with Gasteiger partial charge in [-0.1, -0.05) is 52.0 Å². The zero-order chi connectivity index (χ0) is 20.8. The van der Waals surface area contributed by atoms with Crippen LogP contribution in [-0.4, -0.2) is 41.9 Å². The van der Waals surface area contributed by atoms with Gasteiger partial charge < -0.3 is 15.0 Å². The molecule has 1 heterocycles. The predicted octanol–water partition coefficient (Wildman–Crippen LogP) is 4.04. The van der Waals surface area contributed by atoms with Crippen LogP contribution in [0.5, 0.6) is 5.75 Å². The molecule has 2 rings (SSSR count). The van der Waals surface area contributed by atoms with E-state index in [-0.39, 0.29) is 29.9 Å². The molecule has 5 heteroatoms. The van der Waals surface area contributed by atoms with E-state index in [1.54, 1.807) is 18.0 Å². The van der Waals surface area contributed by atoms with Gasteiger partial charge in [-0.3, -0.25) is 9.59 Å². The molecule has 3 atom stereocenters. The Morgan fingerprint density at radius 1 is 1.04 bits per heavy atom. The maximum atomic E-state index is 13.2. The molecule has 0 fully saturated rings. The number of ether oxygens (including phenoxy) is 1. The SMILES string of the molecule is CC(C)[C@@H]1C/C=C/C[C@@H](C)Oc2ccccc2C(=O)N(C)[C@H](C(C)C)C(=O)N1. The summed E-state index contributed by atoms with van der Waals surface area (Å²) in [6.45, 7) is 10.1. The quantitative estimate of drug-likeness (QED) is 0.781. The molecule has 0 spiro atoms. The van der Waals surface area contributed by atoms with E-state index < -0.39 is 6.04 Å². The topological polar surface area (TPSA) is 58.6 Å². The second-order valence-electron chi connectivity index (χ2n) is 8.33. The Hall–Kier alpha value is -2.30. The van der Waals surface area contributed by atoms with Crippen molar-refractivity contribution in [2.24, 2.45) is 11.8 Å². The van der Waals surface area contributed by atoms with Gasteiger partial charge in [-0.15, -0.1) is 0 Å². The number of carbonyl (C=O) groups is 2. The number of hydrogen-bond donors (Lipinski definition) is 1. The fourth-order valence-electron chi connectivity index (χ4n) is 3.55. The van der Waals surface area contributed by atoms with Crippen molar-refractivity contribution in [3.05, 3.63) is 42.0 Å². The normalized spacial score (nSPS) is 25.7. The van der Waals surface area contributed by atoms with Crippen LogP contribution in [0, 0.1) is 11.8 Å². The molecule has 0 bridgehead atoms. The summed E-state index contributed by atoms with van der Waals surface area (Å²) in [5, 5.41) is 3.17. The van der Waals surface area contributed by atoms with Crippen LogP contribution in [0.1, 0.15) is 57.8 Å². The second kappa shape index (κ2) is 9.76. The van der Waals surface area contributed by atoms with Crippen molar-refractivity contribution in [1.82, 2.24) is 10.2 Å². The average molecular weight is 387 g/mol. The van der Waals surface area contributed by atoms with Crippen molar-refractivity contribution < 1.29 is 14.3 Å². The standard InChI is InChI=1S/C23H34N2O3/c1-15(2)19-13-9-7-11-17(5)28-20-14-10-8-12-18(20)23(27)25(6)21(16(3)4)22(26)24-19/h7-10,12,14-17,19,21H,11,13H2,1-6H3,(H,24,26)/b9-7+/t17-,19+,21-/m1/s1. The van der Waals surface area contributed by atoms with E-state index in [2.05, 4.69) is 31.3 Å². The fourth-order valence-corrected chi connectivity index (χ4v) is 3.55. The van der Waals surface area contributed by atoms with Crippen molar-refractivity contribution in [3.63, 3.8) is 0 Å². The molecule has 154 valence electrons. The highest BCUT2D eigenvalue weighted by molar-refractivity contribution is 5.99. The van der Waals surface area contributed by atoms with Crippen molar-refractivity contribution in [3.8, 4) is 5.75 Å². The lowest BCUT2D eigenvalue weighted by atomic mass is 9.96.